The topological polar surface area (TPSA) is 40.6 Å². The first-order chi connectivity index (χ1) is 12.9. The summed E-state index contributed by atoms with van der Waals surface area (Å²) in [5.41, 5.74) is 1.77. The summed E-state index contributed by atoms with van der Waals surface area (Å²) in [4.78, 5) is 30.6. The van der Waals surface area contributed by atoms with Gasteiger partial charge in [-0.1, -0.05) is 53.7 Å². The second-order valence-corrected chi connectivity index (χ2v) is 8.46. The van der Waals surface area contributed by atoms with E-state index in [4.69, 9.17) is 11.6 Å². The van der Waals surface area contributed by atoms with Gasteiger partial charge in [-0.25, -0.2) is 0 Å². The van der Waals surface area contributed by atoms with Gasteiger partial charge in [0.05, 0.1) is 5.69 Å². The Kier molecular flexibility index (Phi) is 5.63. The quantitative estimate of drug-likeness (QED) is 0.552. The van der Waals surface area contributed by atoms with Crippen molar-refractivity contribution in [1.82, 2.24) is 4.90 Å². The van der Waals surface area contributed by atoms with E-state index in [2.05, 4.69) is 6.58 Å². The van der Waals surface area contributed by atoms with Crippen molar-refractivity contribution in [2.45, 2.75) is 23.1 Å². The third-order valence-electron chi connectivity index (χ3n) is 4.58. The zero-order valence-electron chi connectivity index (χ0n) is 15.3. The first-order valence-corrected chi connectivity index (χ1v) is 9.77. The van der Waals surface area contributed by atoms with Crippen LogP contribution < -0.4 is 4.90 Å². The van der Waals surface area contributed by atoms with Crippen LogP contribution in [0.15, 0.2) is 66.1 Å². The second kappa shape index (κ2) is 7.79. The number of carbonyl (C=O) groups is 2. The molecular formula is C21H21ClN2O2S. The van der Waals surface area contributed by atoms with Gasteiger partial charge in [0.1, 0.15) is 0 Å². The molecule has 0 N–H and O–H groups in total. The predicted molar refractivity (Wildman–Crippen MR) is 111 cm³/mol. The first-order valence-electron chi connectivity index (χ1n) is 8.57. The van der Waals surface area contributed by atoms with Crippen molar-refractivity contribution in [3.05, 3.63) is 71.8 Å². The fourth-order valence-corrected chi connectivity index (χ4v) is 4.60. The monoisotopic (exact) mass is 400 g/mol. The minimum atomic E-state index is -1.22. The van der Waals surface area contributed by atoms with Crippen molar-refractivity contribution in [3.63, 3.8) is 0 Å². The van der Waals surface area contributed by atoms with E-state index in [1.807, 2.05) is 36.4 Å². The van der Waals surface area contributed by atoms with Gasteiger partial charge in [0, 0.05) is 30.1 Å². The minimum absolute atomic E-state index is 0.221. The number of amides is 2. The molecule has 3 rings (SSSR count). The number of carbonyl (C=O) groups excluding carboxylic acids is 2. The number of fused-ring (bicyclic) bond motifs is 1. The van der Waals surface area contributed by atoms with Gasteiger partial charge in [0.15, 0.2) is 4.75 Å². The molecule has 1 heterocycles. The molecule has 1 atom stereocenters. The second-order valence-electron chi connectivity index (χ2n) is 6.57. The molecule has 0 spiro atoms. The molecule has 4 nitrogen and oxygen atoms in total. The fourth-order valence-electron chi connectivity index (χ4n) is 3.14. The zero-order chi connectivity index (χ0) is 19.6. The van der Waals surface area contributed by atoms with Crippen LogP contribution in [-0.2, 0) is 16.1 Å². The maximum atomic E-state index is 13.4. The molecule has 27 heavy (non-hydrogen) atoms. The van der Waals surface area contributed by atoms with Crippen LogP contribution in [0.5, 0.6) is 0 Å². The molecule has 0 aromatic heterocycles. The number of thioether (sulfide) groups is 1. The summed E-state index contributed by atoms with van der Waals surface area (Å²) < 4.78 is -1.22. The Hall–Kier alpha value is -2.24. The van der Waals surface area contributed by atoms with Crippen LogP contribution in [0.3, 0.4) is 0 Å². The molecule has 0 saturated heterocycles. The minimum Gasteiger partial charge on any atom is -0.333 e. The molecule has 0 aliphatic carbocycles. The highest BCUT2D eigenvalue weighted by Gasteiger charge is 2.49. The van der Waals surface area contributed by atoms with Gasteiger partial charge in [0.25, 0.3) is 5.91 Å². The van der Waals surface area contributed by atoms with Crippen molar-refractivity contribution in [1.29, 1.82) is 0 Å². The van der Waals surface area contributed by atoms with Crippen LogP contribution in [0.4, 0.5) is 5.69 Å². The molecule has 0 saturated carbocycles. The number of hydrogen-bond donors (Lipinski definition) is 0. The summed E-state index contributed by atoms with van der Waals surface area (Å²) in [7, 11) is 1.71. The Balaban J connectivity index is 1.91. The predicted octanol–water partition coefficient (Wildman–Crippen LogP) is 4.38. The van der Waals surface area contributed by atoms with E-state index in [9.17, 15) is 9.59 Å². The lowest BCUT2D eigenvalue weighted by molar-refractivity contribution is -0.138. The highest BCUT2D eigenvalue weighted by atomic mass is 35.5. The van der Waals surface area contributed by atoms with Gasteiger partial charge in [-0.2, -0.15) is 0 Å². The van der Waals surface area contributed by atoms with Crippen molar-refractivity contribution >= 4 is 40.9 Å². The lowest BCUT2D eigenvalue weighted by Crippen LogP contribution is -2.56. The Morgan fingerprint density at radius 3 is 2.59 bits per heavy atom. The van der Waals surface area contributed by atoms with Crippen molar-refractivity contribution in [2.75, 3.05) is 18.5 Å². The third kappa shape index (κ3) is 3.75. The maximum Gasteiger partial charge on any atom is 0.252 e. The summed E-state index contributed by atoms with van der Waals surface area (Å²) in [5, 5.41) is 0.642. The standard InChI is InChI=1S/C21H21ClN2O2S/c1-4-13-24(14-15-9-11-16(22)12-10-15)20(26)21(2)19(25)23(3)17-7-5-6-8-18(17)27-21/h4-12H,1,13-14H2,2-3H3. The summed E-state index contributed by atoms with van der Waals surface area (Å²) in [6.45, 7) is 6.20. The van der Waals surface area contributed by atoms with Crippen LogP contribution in [0.25, 0.3) is 0 Å². The van der Waals surface area contributed by atoms with Gasteiger partial charge >= 0.3 is 0 Å². The normalized spacial score (nSPS) is 18.8. The largest absolute Gasteiger partial charge is 0.333 e. The highest BCUT2D eigenvalue weighted by molar-refractivity contribution is 8.02. The van der Waals surface area contributed by atoms with E-state index in [1.165, 1.54) is 11.8 Å². The lowest BCUT2D eigenvalue weighted by atomic mass is 10.1. The zero-order valence-corrected chi connectivity index (χ0v) is 16.9. The molecule has 140 valence electrons. The van der Waals surface area contributed by atoms with E-state index < -0.39 is 4.75 Å². The van der Waals surface area contributed by atoms with Gasteiger partial charge in [0.2, 0.25) is 5.91 Å². The van der Waals surface area contributed by atoms with E-state index in [1.54, 1.807) is 42.0 Å². The number of nitrogens with zero attached hydrogens (tertiary/aromatic N) is 2. The lowest BCUT2D eigenvalue weighted by Gasteiger charge is -2.39. The Bertz CT molecular complexity index is 884. The molecule has 2 amide bonds. The van der Waals surface area contributed by atoms with Crippen molar-refractivity contribution in [2.24, 2.45) is 0 Å². The van der Waals surface area contributed by atoms with Gasteiger partial charge in [-0.05, 0) is 36.8 Å². The van der Waals surface area contributed by atoms with E-state index in [-0.39, 0.29) is 11.8 Å². The average molecular weight is 401 g/mol. The molecule has 6 heteroatoms. The number of halogens is 1. The molecule has 1 aliphatic heterocycles. The Morgan fingerprint density at radius 1 is 1.26 bits per heavy atom. The molecule has 0 bridgehead atoms. The van der Waals surface area contributed by atoms with Crippen LogP contribution in [0.2, 0.25) is 5.02 Å². The Morgan fingerprint density at radius 2 is 1.93 bits per heavy atom. The third-order valence-corrected chi connectivity index (χ3v) is 6.16. The van der Waals surface area contributed by atoms with Gasteiger partial charge in [-0.15, -0.1) is 6.58 Å². The van der Waals surface area contributed by atoms with Crippen LogP contribution in [0, 0.1) is 0 Å². The molecule has 2 aromatic rings. The molecule has 0 fully saturated rings. The van der Waals surface area contributed by atoms with E-state index in [0.29, 0.717) is 18.1 Å². The summed E-state index contributed by atoms with van der Waals surface area (Å²) in [6, 6.07) is 15.0. The average Bonchev–Trinajstić information content (AvgIpc) is 2.67. The van der Waals surface area contributed by atoms with Crippen LogP contribution in [0.1, 0.15) is 12.5 Å². The van der Waals surface area contributed by atoms with Gasteiger partial charge in [-0.3, -0.25) is 9.59 Å². The van der Waals surface area contributed by atoms with Crippen LogP contribution >= 0.6 is 23.4 Å². The molecule has 1 unspecified atom stereocenters. The number of anilines is 1. The number of para-hydroxylation sites is 1. The van der Waals surface area contributed by atoms with Gasteiger partial charge < -0.3 is 9.80 Å². The number of benzene rings is 2. The number of rotatable bonds is 5. The highest BCUT2D eigenvalue weighted by Crippen LogP contribution is 2.45. The van der Waals surface area contributed by atoms with Crippen LogP contribution in [-0.4, -0.2) is 35.1 Å². The Labute approximate surface area is 168 Å². The van der Waals surface area contributed by atoms with E-state index >= 15 is 0 Å². The van der Waals surface area contributed by atoms with Crippen molar-refractivity contribution in [3.8, 4) is 0 Å². The smallest absolute Gasteiger partial charge is 0.252 e. The van der Waals surface area contributed by atoms with E-state index in [0.717, 1.165) is 16.1 Å². The summed E-state index contributed by atoms with van der Waals surface area (Å²) in [5.74, 6) is -0.449. The maximum absolute atomic E-state index is 13.4. The summed E-state index contributed by atoms with van der Waals surface area (Å²) >= 11 is 7.26. The SMILES string of the molecule is C=CCN(Cc1ccc(Cl)cc1)C(=O)C1(C)Sc2ccccc2N(C)C1=O. The molecule has 0 radical (unpaired) electrons. The first kappa shape index (κ1) is 19.5. The summed E-state index contributed by atoms with van der Waals surface area (Å²) in [6.07, 6.45) is 1.67. The van der Waals surface area contributed by atoms with Crippen molar-refractivity contribution < 1.29 is 9.59 Å². The molecular weight excluding hydrogens is 380 g/mol. The molecule has 1 aliphatic rings. The molecule has 2 aromatic carbocycles. The fraction of sp³-hybridized carbons (Fsp3) is 0.238. The number of hydrogen-bond acceptors (Lipinski definition) is 3.